The van der Waals surface area contributed by atoms with Gasteiger partial charge >= 0.3 is 0 Å². The molecular weight excluding hydrogens is 228 g/mol. The van der Waals surface area contributed by atoms with Crippen molar-refractivity contribution < 1.29 is 13.5 Å². The van der Waals surface area contributed by atoms with Crippen LogP contribution in [0, 0.1) is 0 Å². The highest BCUT2D eigenvalue weighted by Crippen LogP contribution is 2.14. The van der Waals surface area contributed by atoms with E-state index in [9.17, 15) is 8.78 Å². The number of hydrogen-bond donors (Lipinski definition) is 1. The van der Waals surface area contributed by atoms with Crippen molar-refractivity contribution in [3.05, 3.63) is 18.0 Å². The minimum absolute atomic E-state index is 0.221. The third-order valence-electron chi connectivity index (χ3n) is 2.38. The number of aromatic nitrogens is 2. The van der Waals surface area contributed by atoms with Gasteiger partial charge in [-0.05, 0) is 18.9 Å². The molecule has 0 amide bonds. The van der Waals surface area contributed by atoms with Gasteiger partial charge in [-0.15, -0.1) is 0 Å². The Bertz CT molecular complexity index is 317. The summed E-state index contributed by atoms with van der Waals surface area (Å²) < 4.78 is 30.3. The molecule has 1 rings (SSSR count). The van der Waals surface area contributed by atoms with Crippen LogP contribution in [0.4, 0.5) is 8.78 Å². The van der Waals surface area contributed by atoms with Gasteiger partial charge in [0, 0.05) is 25.4 Å². The second kappa shape index (κ2) is 7.34. The molecule has 4 nitrogen and oxygen atoms in total. The number of ether oxygens (including phenoxy) is 1. The number of rotatable bonds is 8. The van der Waals surface area contributed by atoms with Crippen molar-refractivity contribution in [2.24, 2.45) is 5.73 Å². The molecule has 0 fully saturated rings. The largest absolute Gasteiger partial charge is 0.375 e. The summed E-state index contributed by atoms with van der Waals surface area (Å²) in [5.74, 6) is 0. The van der Waals surface area contributed by atoms with E-state index in [2.05, 4.69) is 12.0 Å². The van der Waals surface area contributed by atoms with Crippen LogP contribution < -0.4 is 5.73 Å². The number of nitrogens with two attached hydrogens (primary N) is 1. The Morgan fingerprint density at radius 2 is 2.29 bits per heavy atom. The maximum atomic E-state index is 11.8. The zero-order chi connectivity index (χ0) is 12.7. The van der Waals surface area contributed by atoms with Crippen LogP contribution in [0.15, 0.2) is 12.3 Å². The zero-order valence-electron chi connectivity index (χ0n) is 9.98. The predicted molar refractivity (Wildman–Crippen MR) is 60.9 cm³/mol. The first-order chi connectivity index (χ1) is 8.15. The Balaban J connectivity index is 2.35. The Hall–Kier alpha value is -1.01. The van der Waals surface area contributed by atoms with E-state index >= 15 is 0 Å². The van der Waals surface area contributed by atoms with E-state index in [0.717, 1.165) is 18.7 Å². The fourth-order valence-corrected chi connectivity index (χ4v) is 1.59. The Morgan fingerprint density at radius 3 is 2.94 bits per heavy atom. The van der Waals surface area contributed by atoms with Gasteiger partial charge in [0.15, 0.2) is 0 Å². The maximum Gasteiger partial charge on any atom is 0.261 e. The molecule has 0 aromatic carbocycles. The summed E-state index contributed by atoms with van der Waals surface area (Å²) >= 11 is 0. The van der Waals surface area contributed by atoms with Crippen LogP contribution in [0.3, 0.4) is 0 Å². The third-order valence-corrected chi connectivity index (χ3v) is 2.38. The lowest BCUT2D eigenvalue weighted by molar-refractivity contribution is 0.0150. The predicted octanol–water partition coefficient (Wildman–Crippen LogP) is 1.96. The summed E-state index contributed by atoms with van der Waals surface area (Å²) in [5, 5.41) is 4.16. The average molecular weight is 247 g/mol. The summed E-state index contributed by atoms with van der Waals surface area (Å²) in [4.78, 5) is 0. The monoisotopic (exact) mass is 247 g/mol. The molecule has 0 saturated heterocycles. The van der Waals surface area contributed by atoms with E-state index in [1.54, 1.807) is 6.20 Å². The van der Waals surface area contributed by atoms with Gasteiger partial charge in [-0.2, -0.15) is 5.10 Å². The summed E-state index contributed by atoms with van der Waals surface area (Å²) in [6, 6.07) is 1.63. The molecule has 1 atom stereocenters. The van der Waals surface area contributed by atoms with Gasteiger partial charge in [0.1, 0.15) is 6.61 Å². The van der Waals surface area contributed by atoms with E-state index in [4.69, 9.17) is 10.5 Å². The SMILES string of the molecule is CCCn1nccc1C(N)CCOCC(F)F. The highest BCUT2D eigenvalue weighted by molar-refractivity contribution is 5.06. The number of aryl methyl sites for hydroxylation is 1. The van der Waals surface area contributed by atoms with Crippen molar-refractivity contribution in [3.8, 4) is 0 Å². The average Bonchev–Trinajstić information content (AvgIpc) is 2.72. The molecule has 2 N–H and O–H groups in total. The molecule has 0 aliphatic carbocycles. The first-order valence-electron chi connectivity index (χ1n) is 5.78. The topological polar surface area (TPSA) is 53.1 Å². The van der Waals surface area contributed by atoms with Gasteiger partial charge in [-0.25, -0.2) is 8.78 Å². The first-order valence-corrected chi connectivity index (χ1v) is 5.78. The van der Waals surface area contributed by atoms with E-state index in [1.807, 2.05) is 10.7 Å². The fourth-order valence-electron chi connectivity index (χ4n) is 1.59. The maximum absolute atomic E-state index is 11.8. The van der Waals surface area contributed by atoms with E-state index in [-0.39, 0.29) is 12.6 Å². The van der Waals surface area contributed by atoms with Crippen molar-refractivity contribution in [3.63, 3.8) is 0 Å². The van der Waals surface area contributed by atoms with Crippen molar-refractivity contribution in [1.82, 2.24) is 9.78 Å². The molecule has 0 radical (unpaired) electrons. The lowest BCUT2D eigenvalue weighted by Gasteiger charge is -2.14. The van der Waals surface area contributed by atoms with Gasteiger partial charge < -0.3 is 10.5 Å². The van der Waals surface area contributed by atoms with E-state index < -0.39 is 13.0 Å². The van der Waals surface area contributed by atoms with Gasteiger partial charge in [0.05, 0.1) is 5.69 Å². The quantitative estimate of drug-likeness (QED) is 0.714. The minimum atomic E-state index is -2.42. The van der Waals surface area contributed by atoms with E-state index in [1.165, 1.54) is 0 Å². The number of alkyl halides is 2. The van der Waals surface area contributed by atoms with Gasteiger partial charge in [-0.1, -0.05) is 6.92 Å². The second-order valence-electron chi connectivity index (χ2n) is 3.84. The van der Waals surface area contributed by atoms with Gasteiger partial charge in [-0.3, -0.25) is 4.68 Å². The van der Waals surface area contributed by atoms with Crippen LogP contribution in [0.1, 0.15) is 31.5 Å². The smallest absolute Gasteiger partial charge is 0.261 e. The molecule has 0 spiro atoms. The molecule has 1 unspecified atom stereocenters. The Labute approximate surface area is 99.7 Å². The van der Waals surface area contributed by atoms with Crippen LogP contribution in [-0.4, -0.2) is 29.4 Å². The van der Waals surface area contributed by atoms with E-state index in [0.29, 0.717) is 6.42 Å². The number of halogens is 2. The van der Waals surface area contributed by atoms with Crippen molar-refractivity contribution >= 4 is 0 Å². The minimum Gasteiger partial charge on any atom is -0.375 e. The Morgan fingerprint density at radius 1 is 1.53 bits per heavy atom. The van der Waals surface area contributed by atoms with Gasteiger partial charge in [0.2, 0.25) is 0 Å². The Kier molecular flexibility index (Phi) is 6.07. The molecule has 1 heterocycles. The normalized spacial score (nSPS) is 13.2. The molecule has 0 aliphatic rings. The molecule has 6 heteroatoms. The summed E-state index contributed by atoms with van der Waals surface area (Å²) in [6.45, 7) is 2.58. The highest BCUT2D eigenvalue weighted by Gasteiger charge is 2.11. The highest BCUT2D eigenvalue weighted by atomic mass is 19.3. The summed E-state index contributed by atoms with van der Waals surface area (Å²) in [7, 11) is 0. The van der Waals surface area contributed by atoms with Crippen LogP contribution >= 0.6 is 0 Å². The molecule has 98 valence electrons. The molecule has 1 aromatic rings. The molecule has 17 heavy (non-hydrogen) atoms. The molecular formula is C11H19F2N3O. The van der Waals surface area contributed by atoms with Crippen LogP contribution in [-0.2, 0) is 11.3 Å². The lowest BCUT2D eigenvalue weighted by Crippen LogP contribution is -2.19. The van der Waals surface area contributed by atoms with Gasteiger partial charge in [0.25, 0.3) is 6.43 Å². The van der Waals surface area contributed by atoms with Crippen LogP contribution in [0.25, 0.3) is 0 Å². The third kappa shape index (κ3) is 4.79. The molecule has 0 saturated carbocycles. The molecule has 0 aliphatic heterocycles. The first kappa shape index (κ1) is 14.1. The van der Waals surface area contributed by atoms with Crippen molar-refractivity contribution in [2.75, 3.05) is 13.2 Å². The molecule has 0 bridgehead atoms. The van der Waals surface area contributed by atoms with Crippen LogP contribution in [0.5, 0.6) is 0 Å². The molecule has 1 aromatic heterocycles. The number of nitrogens with zero attached hydrogens (tertiary/aromatic N) is 2. The standard InChI is InChI=1S/C11H19F2N3O/c1-2-6-16-10(3-5-15-16)9(14)4-7-17-8-11(12)13/h3,5,9,11H,2,4,6-8,14H2,1H3. The summed E-state index contributed by atoms with van der Waals surface area (Å²) in [5.41, 5.74) is 6.88. The van der Waals surface area contributed by atoms with Crippen LogP contribution in [0.2, 0.25) is 0 Å². The lowest BCUT2D eigenvalue weighted by atomic mass is 10.1. The number of hydrogen-bond acceptors (Lipinski definition) is 3. The zero-order valence-corrected chi connectivity index (χ0v) is 9.98. The summed E-state index contributed by atoms with van der Waals surface area (Å²) in [6.07, 6.45) is 0.771. The fraction of sp³-hybridized carbons (Fsp3) is 0.727. The van der Waals surface area contributed by atoms with Crippen molar-refractivity contribution in [2.45, 2.75) is 38.8 Å². The van der Waals surface area contributed by atoms with Crippen molar-refractivity contribution in [1.29, 1.82) is 0 Å². The second-order valence-corrected chi connectivity index (χ2v) is 3.84.